The lowest BCUT2D eigenvalue weighted by Gasteiger charge is -2.12. The molecule has 37 heavy (non-hydrogen) atoms. The number of nitrogens with one attached hydrogen (secondary N) is 2. The van der Waals surface area contributed by atoms with Crippen LogP contribution in [-0.4, -0.2) is 37.5 Å². The first-order valence-electron chi connectivity index (χ1n) is 10.4. The van der Waals surface area contributed by atoms with Crippen molar-refractivity contribution < 1.29 is 22.8 Å². The number of alkyl halides is 3. The molecule has 0 spiro atoms. The number of thiazole rings is 1. The number of hydrogen-bond donors (Lipinski definition) is 2. The molecule has 0 saturated heterocycles. The van der Waals surface area contributed by atoms with Crippen LogP contribution in [0.1, 0.15) is 45.7 Å². The number of halogens is 4. The van der Waals surface area contributed by atoms with Crippen LogP contribution < -0.4 is 10.6 Å². The van der Waals surface area contributed by atoms with Crippen LogP contribution in [0.25, 0.3) is 0 Å². The average Bonchev–Trinajstić information content (AvgIpc) is 3.35. The van der Waals surface area contributed by atoms with Gasteiger partial charge in [-0.15, -0.1) is 11.3 Å². The molecular formula is C23H19ClF3N7O2S. The molecule has 1 atom stereocenters. The van der Waals surface area contributed by atoms with Crippen molar-refractivity contribution in [3.8, 4) is 0 Å². The number of anilines is 1. The first kappa shape index (κ1) is 27.6. The Hall–Kier alpha value is -3.97. The third-order valence-electron chi connectivity index (χ3n) is 4.67. The summed E-state index contributed by atoms with van der Waals surface area (Å²) < 4.78 is 39.1. The van der Waals surface area contributed by atoms with Crippen LogP contribution in [0.4, 0.5) is 19.0 Å². The topological polar surface area (TPSA) is 122 Å². The third kappa shape index (κ3) is 7.27. The van der Waals surface area contributed by atoms with Gasteiger partial charge in [0.2, 0.25) is 5.91 Å². The van der Waals surface area contributed by atoms with Gasteiger partial charge in [-0.2, -0.15) is 13.2 Å². The monoisotopic (exact) mass is 549 g/mol. The first-order valence-corrected chi connectivity index (χ1v) is 11.6. The molecule has 3 rings (SSSR count). The summed E-state index contributed by atoms with van der Waals surface area (Å²) in [6, 6.07) is 0.0683. The van der Waals surface area contributed by atoms with E-state index in [1.165, 1.54) is 18.7 Å². The number of rotatable bonds is 8. The van der Waals surface area contributed by atoms with Gasteiger partial charge in [-0.25, -0.2) is 19.9 Å². The number of carbonyl (C=O) groups is 2. The van der Waals surface area contributed by atoms with E-state index in [0.29, 0.717) is 27.9 Å². The zero-order valence-electron chi connectivity index (χ0n) is 19.4. The van der Waals surface area contributed by atoms with Crippen LogP contribution in [0, 0.1) is 0 Å². The van der Waals surface area contributed by atoms with Crippen molar-refractivity contribution in [2.45, 2.75) is 26.1 Å². The Morgan fingerprint density at radius 1 is 1.19 bits per heavy atom. The quantitative estimate of drug-likeness (QED) is 0.301. The van der Waals surface area contributed by atoms with Gasteiger partial charge in [0.05, 0.1) is 28.5 Å². The Bertz CT molecular complexity index is 1370. The number of pyridine rings is 1. The van der Waals surface area contributed by atoms with Gasteiger partial charge in [0.1, 0.15) is 22.0 Å². The van der Waals surface area contributed by atoms with Gasteiger partial charge in [0.25, 0.3) is 5.91 Å². The molecule has 2 amide bonds. The second-order valence-corrected chi connectivity index (χ2v) is 8.88. The Morgan fingerprint density at radius 2 is 1.89 bits per heavy atom. The molecule has 3 aromatic heterocycles. The molecule has 0 saturated carbocycles. The van der Waals surface area contributed by atoms with E-state index in [0.717, 1.165) is 17.5 Å². The lowest BCUT2D eigenvalue weighted by atomic mass is 10.1. The summed E-state index contributed by atoms with van der Waals surface area (Å²) in [5, 5.41) is 4.89. The van der Waals surface area contributed by atoms with Crippen molar-refractivity contribution in [3.63, 3.8) is 0 Å². The second kappa shape index (κ2) is 11.8. The van der Waals surface area contributed by atoms with Crippen LogP contribution in [0.3, 0.4) is 0 Å². The Labute approximate surface area is 218 Å². The molecule has 2 N–H and O–H groups in total. The van der Waals surface area contributed by atoms with Crippen molar-refractivity contribution in [1.82, 2.24) is 25.3 Å². The van der Waals surface area contributed by atoms with E-state index in [1.807, 2.05) is 0 Å². The highest BCUT2D eigenvalue weighted by Crippen LogP contribution is 2.35. The molecule has 0 aliphatic carbocycles. The van der Waals surface area contributed by atoms with Crippen LogP contribution in [0.2, 0.25) is 5.02 Å². The van der Waals surface area contributed by atoms with Gasteiger partial charge in [-0.3, -0.25) is 14.6 Å². The molecule has 1 unspecified atom stereocenters. The summed E-state index contributed by atoms with van der Waals surface area (Å²) in [5.74, 6) is -1.44. The van der Waals surface area contributed by atoms with Gasteiger partial charge in [0, 0.05) is 35.9 Å². The molecule has 0 fully saturated rings. The predicted octanol–water partition coefficient (Wildman–Crippen LogP) is 5.01. The van der Waals surface area contributed by atoms with E-state index in [4.69, 9.17) is 11.6 Å². The minimum Gasteiger partial charge on any atom is -0.343 e. The summed E-state index contributed by atoms with van der Waals surface area (Å²) in [7, 11) is 0. The number of aliphatic imine (C=N–C) groups is 1. The van der Waals surface area contributed by atoms with E-state index in [1.54, 1.807) is 32.3 Å². The maximum absolute atomic E-state index is 13.0. The van der Waals surface area contributed by atoms with E-state index < -0.39 is 34.6 Å². The normalized spacial score (nSPS) is 13.1. The third-order valence-corrected chi connectivity index (χ3v) is 6.15. The molecule has 3 aromatic rings. The zero-order valence-corrected chi connectivity index (χ0v) is 20.9. The number of aromatic nitrogens is 4. The van der Waals surface area contributed by atoms with E-state index in [2.05, 4.69) is 42.1 Å². The highest BCUT2D eigenvalue weighted by molar-refractivity contribution is 7.13. The standard InChI is InChI=1S/C23H19ClF3N7O2S/c1-4-30-17(14-7-28-11-29-8-14)5-12(2)20(35)33-13(3)22-32-10-18(37-22)21(36)34-19-6-15(23(25,26)27)16(24)9-31-19/h4-11,13H,1H2,2-3H3,(H,33,35)(H,31,34,36)/b12-5+,30-17?. The molecule has 192 valence electrons. The van der Waals surface area contributed by atoms with Gasteiger partial charge >= 0.3 is 6.18 Å². The highest BCUT2D eigenvalue weighted by Gasteiger charge is 2.34. The summed E-state index contributed by atoms with van der Waals surface area (Å²) in [4.78, 5) is 45.2. The first-order chi connectivity index (χ1) is 17.5. The maximum atomic E-state index is 13.0. The number of nitrogens with zero attached hydrogens (tertiary/aromatic N) is 5. The SMILES string of the molecule is C=CN=C(/C=C(\C)C(=O)NC(C)c1ncc(C(=O)Nc2cc(C(F)(F)F)c(Cl)cn2)s1)c1cncnc1. The smallest absolute Gasteiger partial charge is 0.343 e. The Morgan fingerprint density at radius 3 is 2.54 bits per heavy atom. The van der Waals surface area contributed by atoms with Gasteiger partial charge in [0.15, 0.2) is 0 Å². The fourth-order valence-electron chi connectivity index (χ4n) is 2.86. The van der Waals surface area contributed by atoms with Crippen LogP contribution >= 0.6 is 22.9 Å². The van der Waals surface area contributed by atoms with Crippen molar-refractivity contribution in [1.29, 1.82) is 0 Å². The van der Waals surface area contributed by atoms with Crippen LogP contribution in [-0.2, 0) is 11.0 Å². The number of allylic oxidation sites excluding steroid dienone is 1. The molecule has 0 radical (unpaired) electrons. The molecule has 0 bridgehead atoms. The molecule has 0 aliphatic heterocycles. The summed E-state index contributed by atoms with van der Waals surface area (Å²) in [5.41, 5.74) is 0.245. The van der Waals surface area contributed by atoms with Crippen LogP contribution in [0.15, 0.2) is 66.6 Å². The summed E-state index contributed by atoms with van der Waals surface area (Å²) in [6.45, 7) is 6.84. The van der Waals surface area contributed by atoms with Crippen molar-refractivity contribution in [3.05, 3.63) is 87.6 Å². The van der Waals surface area contributed by atoms with Crippen molar-refractivity contribution >= 4 is 46.3 Å². The molecule has 3 heterocycles. The largest absolute Gasteiger partial charge is 0.418 e. The number of amides is 2. The highest BCUT2D eigenvalue weighted by atomic mass is 35.5. The minimum absolute atomic E-state index is 0.109. The van der Waals surface area contributed by atoms with Gasteiger partial charge in [-0.05, 0) is 26.0 Å². The molecule has 9 nitrogen and oxygen atoms in total. The minimum atomic E-state index is -4.70. The summed E-state index contributed by atoms with van der Waals surface area (Å²) >= 11 is 6.52. The molecule has 0 aromatic carbocycles. The lowest BCUT2D eigenvalue weighted by Crippen LogP contribution is -2.27. The van der Waals surface area contributed by atoms with E-state index in [9.17, 15) is 22.8 Å². The predicted molar refractivity (Wildman–Crippen MR) is 133 cm³/mol. The molecule has 14 heteroatoms. The van der Waals surface area contributed by atoms with Crippen molar-refractivity contribution in [2.24, 2.45) is 4.99 Å². The molecule has 0 aliphatic rings. The summed E-state index contributed by atoms with van der Waals surface area (Å²) in [6.07, 6.45) is 4.71. The van der Waals surface area contributed by atoms with Crippen LogP contribution in [0.5, 0.6) is 0 Å². The second-order valence-electron chi connectivity index (χ2n) is 7.41. The number of carbonyl (C=O) groups excluding carboxylic acids is 2. The lowest BCUT2D eigenvalue weighted by molar-refractivity contribution is -0.137. The van der Waals surface area contributed by atoms with Gasteiger partial charge < -0.3 is 10.6 Å². The molecular weight excluding hydrogens is 531 g/mol. The Kier molecular flexibility index (Phi) is 8.84. The Balaban J connectivity index is 1.68. The maximum Gasteiger partial charge on any atom is 0.418 e. The fraction of sp³-hybridized carbons (Fsp3) is 0.174. The van der Waals surface area contributed by atoms with E-state index >= 15 is 0 Å². The van der Waals surface area contributed by atoms with Crippen molar-refractivity contribution in [2.75, 3.05) is 5.32 Å². The van der Waals surface area contributed by atoms with E-state index in [-0.39, 0.29) is 10.7 Å². The average molecular weight is 550 g/mol. The van der Waals surface area contributed by atoms with Gasteiger partial charge in [-0.1, -0.05) is 18.2 Å². The fourth-order valence-corrected chi connectivity index (χ4v) is 3.89. The number of hydrogen-bond acceptors (Lipinski definition) is 8. The zero-order chi connectivity index (χ0) is 27.2.